The Hall–Kier alpha value is -2.53. The molecule has 3 rings (SSSR count). The first-order valence-corrected chi connectivity index (χ1v) is 7.98. The molecule has 0 radical (unpaired) electrons. The normalized spacial score (nSPS) is 13.8. The Morgan fingerprint density at radius 1 is 1.25 bits per heavy atom. The molecule has 124 valence electrons. The third-order valence-corrected chi connectivity index (χ3v) is 4.14. The van der Waals surface area contributed by atoms with Gasteiger partial charge in [0, 0.05) is 24.2 Å². The van der Waals surface area contributed by atoms with Gasteiger partial charge in [-0.05, 0) is 42.0 Å². The van der Waals surface area contributed by atoms with Crippen LogP contribution in [0.15, 0.2) is 42.5 Å². The van der Waals surface area contributed by atoms with Gasteiger partial charge in [-0.2, -0.15) is 0 Å². The lowest BCUT2D eigenvalue weighted by Gasteiger charge is -2.17. The van der Waals surface area contributed by atoms with Crippen LogP contribution in [-0.4, -0.2) is 25.5 Å². The summed E-state index contributed by atoms with van der Waals surface area (Å²) < 4.78 is 5.59. The van der Waals surface area contributed by atoms with Crippen LogP contribution in [0.25, 0.3) is 0 Å². The van der Waals surface area contributed by atoms with Gasteiger partial charge in [0.15, 0.2) is 0 Å². The summed E-state index contributed by atoms with van der Waals surface area (Å²) in [5, 5.41) is 3.44. The van der Waals surface area contributed by atoms with Crippen molar-refractivity contribution in [3.63, 3.8) is 0 Å². The maximum Gasteiger partial charge on any atom is 0.251 e. The van der Waals surface area contributed by atoms with Crippen LogP contribution in [0.1, 0.15) is 22.3 Å². The standard InChI is InChI=1S/C18H17ClN2O3/c1-21-15-10-12(2-7-16(15)24-9-8-17(21)22)11-20-18(23)13-3-5-14(19)6-4-13/h2-7,10H,8-9,11H2,1H3,(H,20,23). The zero-order valence-corrected chi connectivity index (χ0v) is 14.0. The van der Waals surface area contributed by atoms with Crippen molar-refractivity contribution >= 4 is 29.1 Å². The van der Waals surface area contributed by atoms with Crippen LogP contribution in [0.3, 0.4) is 0 Å². The first kappa shape index (κ1) is 16.3. The number of anilines is 1. The second-order valence-corrected chi connectivity index (χ2v) is 5.98. The number of amides is 2. The maximum absolute atomic E-state index is 12.1. The Morgan fingerprint density at radius 2 is 2.00 bits per heavy atom. The van der Waals surface area contributed by atoms with Crippen LogP contribution in [0, 0.1) is 0 Å². The van der Waals surface area contributed by atoms with E-state index < -0.39 is 0 Å². The number of carbonyl (C=O) groups is 2. The van der Waals surface area contributed by atoms with Gasteiger partial charge < -0.3 is 15.0 Å². The Balaban J connectivity index is 1.72. The Morgan fingerprint density at radius 3 is 2.75 bits per heavy atom. The molecule has 1 aliphatic rings. The maximum atomic E-state index is 12.1. The molecule has 0 saturated heterocycles. The van der Waals surface area contributed by atoms with Gasteiger partial charge in [0.1, 0.15) is 5.75 Å². The predicted molar refractivity (Wildman–Crippen MR) is 92.6 cm³/mol. The lowest BCUT2D eigenvalue weighted by molar-refractivity contribution is -0.118. The number of nitrogens with zero attached hydrogens (tertiary/aromatic N) is 1. The predicted octanol–water partition coefficient (Wildman–Crippen LogP) is 3.02. The Kier molecular flexibility index (Phi) is 4.71. The van der Waals surface area contributed by atoms with Gasteiger partial charge in [-0.1, -0.05) is 17.7 Å². The second-order valence-electron chi connectivity index (χ2n) is 5.54. The zero-order valence-electron chi connectivity index (χ0n) is 13.2. The fraction of sp³-hybridized carbons (Fsp3) is 0.222. The number of nitrogens with one attached hydrogen (secondary N) is 1. The molecule has 1 aliphatic heterocycles. The number of benzene rings is 2. The molecule has 5 nitrogen and oxygen atoms in total. The number of fused-ring (bicyclic) bond motifs is 1. The highest BCUT2D eigenvalue weighted by Crippen LogP contribution is 2.31. The molecule has 2 aromatic rings. The van der Waals surface area contributed by atoms with E-state index >= 15 is 0 Å². The summed E-state index contributed by atoms with van der Waals surface area (Å²) in [6.07, 6.45) is 0.355. The largest absolute Gasteiger partial charge is 0.491 e. The number of hydrogen-bond acceptors (Lipinski definition) is 3. The molecule has 0 aromatic heterocycles. The van der Waals surface area contributed by atoms with Crippen LogP contribution < -0.4 is 15.0 Å². The van der Waals surface area contributed by atoms with Crippen LogP contribution in [0.4, 0.5) is 5.69 Å². The number of hydrogen-bond donors (Lipinski definition) is 1. The second kappa shape index (κ2) is 6.93. The molecule has 0 atom stereocenters. The molecular formula is C18H17ClN2O3. The third kappa shape index (κ3) is 3.51. The first-order chi connectivity index (χ1) is 11.5. The van der Waals surface area contributed by atoms with Crippen molar-refractivity contribution in [3.8, 4) is 5.75 Å². The summed E-state index contributed by atoms with van der Waals surface area (Å²) in [4.78, 5) is 25.7. The van der Waals surface area contributed by atoms with Crippen LogP contribution in [-0.2, 0) is 11.3 Å². The van der Waals surface area contributed by atoms with E-state index in [1.54, 1.807) is 36.2 Å². The van der Waals surface area contributed by atoms with Gasteiger partial charge in [0.05, 0.1) is 18.7 Å². The third-order valence-electron chi connectivity index (χ3n) is 3.89. The lowest BCUT2D eigenvalue weighted by Crippen LogP contribution is -2.26. The quantitative estimate of drug-likeness (QED) is 0.931. The van der Waals surface area contributed by atoms with Crippen LogP contribution >= 0.6 is 11.6 Å². The molecule has 1 N–H and O–H groups in total. The molecule has 2 aromatic carbocycles. The highest BCUT2D eigenvalue weighted by Gasteiger charge is 2.20. The van der Waals surface area contributed by atoms with E-state index in [0.717, 1.165) is 11.3 Å². The van der Waals surface area contributed by atoms with Crippen LogP contribution in [0.2, 0.25) is 5.02 Å². The van der Waals surface area contributed by atoms with E-state index in [2.05, 4.69) is 5.32 Å². The van der Waals surface area contributed by atoms with Crippen molar-refractivity contribution in [1.29, 1.82) is 0 Å². The number of rotatable bonds is 3. The highest BCUT2D eigenvalue weighted by atomic mass is 35.5. The summed E-state index contributed by atoms with van der Waals surface area (Å²) in [6, 6.07) is 12.3. The molecule has 6 heteroatoms. The SMILES string of the molecule is CN1C(=O)CCOc2ccc(CNC(=O)c3ccc(Cl)cc3)cc21. The molecule has 0 bridgehead atoms. The topological polar surface area (TPSA) is 58.6 Å². The summed E-state index contributed by atoms with van der Waals surface area (Å²) >= 11 is 5.82. The molecule has 0 unspecified atom stereocenters. The fourth-order valence-electron chi connectivity index (χ4n) is 2.49. The zero-order chi connectivity index (χ0) is 17.1. The van der Waals surface area contributed by atoms with E-state index in [4.69, 9.17) is 16.3 Å². The average molecular weight is 345 g/mol. The highest BCUT2D eigenvalue weighted by molar-refractivity contribution is 6.30. The average Bonchev–Trinajstić information content (AvgIpc) is 2.73. The van der Waals surface area contributed by atoms with Gasteiger partial charge in [0.25, 0.3) is 5.91 Å². The van der Waals surface area contributed by atoms with Gasteiger partial charge in [-0.15, -0.1) is 0 Å². The van der Waals surface area contributed by atoms with Gasteiger partial charge in [0.2, 0.25) is 5.91 Å². The van der Waals surface area contributed by atoms with Gasteiger partial charge >= 0.3 is 0 Å². The molecule has 0 aliphatic carbocycles. The summed E-state index contributed by atoms with van der Waals surface area (Å²) in [5.41, 5.74) is 2.15. The minimum absolute atomic E-state index is 0.0103. The van der Waals surface area contributed by atoms with E-state index in [1.807, 2.05) is 18.2 Å². The minimum atomic E-state index is -0.178. The summed E-state index contributed by atoms with van der Waals surface area (Å²) in [6.45, 7) is 0.736. The number of halogens is 1. The minimum Gasteiger partial charge on any atom is -0.491 e. The number of carbonyl (C=O) groups excluding carboxylic acids is 2. The van der Waals surface area contributed by atoms with Crippen molar-refractivity contribution in [3.05, 3.63) is 58.6 Å². The molecular weight excluding hydrogens is 328 g/mol. The summed E-state index contributed by atoms with van der Waals surface area (Å²) in [5.74, 6) is 0.509. The number of ether oxygens (including phenoxy) is 1. The van der Waals surface area contributed by atoms with Crippen molar-refractivity contribution < 1.29 is 14.3 Å². The van der Waals surface area contributed by atoms with E-state index in [0.29, 0.717) is 35.9 Å². The van der Waals surface area contributed by atoms with Crippen molar-refractivity contribution in [2.75, 3.05) is 18.6 Å². The Bertz CT molecular complexity index is 774. The fourth-order valence-corrected chi connectivity index (χ4v) is 2.62. The smallest absolute Gasteiger partial charge is 0.251 e. The van der Waals surface area contributed by atoms with Crippen molar-refractivity contribution in [2.24, 2.45) is 0 Å². The van der Waals surface area contributed by atoms with Gasteiger partial charge in [-0.25, -0.2) is 0 Å². The Labute approximate surface area is 145 Å². The molecule has 2 amide bonds. The molecule has 1 heterocycles. The van der Waals surface area contributed by atoms with Crippen LogP contribution in [0.5, 0.6) is 5.75 Å². The molecule has 0 saturated carbocycles. The van der Waals surface area contributed by atoms with Gasteiger partial charge in [-0.3, -0.25) is 9.59 Å². The van der Waals surface area contributed by atoms with Crippen molar-refractivity contribution in [1.82, 2.24) is 5.32 Å². The lowest BCUT2D eigenvalue weighted by atomic mass is 10.1. The monoisotopic (exact) mass is 344 g/mol. The van der Waals surface area contributed by atoms with E-state index in [9.17, 15) is 9.59 Å². The van der Waals surface area contributed by atoms with E-state index in [1.165, 1.54) is 0 Å². The molecule has 24 heavy (non-hydrogen) atoms. The molecule has 0 spiro atoms. The summed E-state index contributed by atoms with van der Waals surface area (Å²) in [7, 11) is 1.73. The van der Waals surface area contributed by atoms with E-state index in [-0.39, 0.29) is 11.8 Å². The van der Waals surface area contributed by atoms with Crippen molar-refractivity contribution in [2.45, 2.75) is 13.0 Å². The molecule has 0 fully saturated rings. The first-order valence-electron chi connectivity index (χ1n) is 7.60.